The smallest absolute Gasteiger partial charge is 0.251 e. The molecule has 3 aromatic rings. The molecule has 0 saturated carbocycles. The molecule has 2 aliphatic heterocycles. The van der Waals surface area contributed by atoms with E-state index in [4.69, 9.17) is 5.73 Å². The number of aromatic nitrogens is 1. The average Bonchev–Trinajstić information content (AvgIpc) is 3.22. The number of carbonyl (C=O) groups is 1. The predicted octanol–water partition coefficient (Wildman–Crippen LogP) is 3.67. The highest BCUT2D eigenvalue weighted by atomic mass is 19.1. The highest BCUT2D eigenvalue weighted by Crippen LogP contribution is 2.35. The van der Waals surface area contributed by atoms with E-state index in [1.54, 1.807) is 12.1 Å². The largest absolute Gasteiger partial charge is 0.383 e. The van der Waals surface area contributed by atoms with E-state index in [9.17, 15) is 9.18 Å². The predicted molar refractivity (Wildman–Crippen MR) is 120 cm³/mol. The van der Waals surface area contributed by atoms with Crippen molar-refractivity contribution in [1.82, 2.24) is 15.6 Å². The van der Waals surface area contributed by atoms with Crippen LogP contribution in [0.25, 0.3) is 22.3 Å². The number of hydrogen-bond acceptors (Lipinski definition) is 4. The monoisotopic (exact) mass is 416 g/mol. The third-order valence-electron chi connectivity index (χ3n) is 6.61. The van der Waals surface area contributed by atoms with Crippen LogP contribution < -0.4 is 16.4 Å². The molecule has 0 bridgehead atoms. The number of hydrogen-bond donors (Lipinski definition) is 3. The van der Waals surface area contributed by atoms with Crippen LogP contribution in [0.5, 0.6) is 0 Å². The van der Waals surface area contributed by atoms with Crippen LogP contribution in [0, 0.1) is 5.95 Å². The number of rotatable bonds is 3. The van der Waals surface area contributed by atoms with Crippen LogP contribution in [0.3, 0.4) is 0 Å². The number of amides is 1. The molecule has 1 unspecified atom stereocenters. The number of pyridine rings is 1. The van der Waals surface area contributed by atoms with E-state index in [2.05, 4.69) is 34.7 Å². The summed E-state index contributed by atoms with van der Waals surface area (Å²) in [6.45, 7) is 4.82. The third kappa shape index (κ3) is 3.47. The first-order valence-corrected chi connectivity index (χ1v) is 10.6. The lowest BCUT2D eigenvalue weighted by Gasteiger charge is -2.23. The summed E-state index contributed by atoms with van der Waals surface area (Å²) in [5.41, 5.74) is 11.8. The Morgan fingerprint density at radius 1 is 1.00 bits per heavy atom. The van der Waals surface area contributed by atoms with Gasteiger partial charge in [-0.2, -0.15) is 4.39 Å². The Bertz CT molecular complexity index is 1170. The summed E-state index contributed by atoms with van der Waals surface area (Å²) in [4.78, 5) is 16.0. The van der Waals surface area contributed by atoms with E-state index in [0.29, 0.717) is 23.2 Å². The summed E-state index contributed by atoms with van der Waals surface area (Å²) in [5, 5.41) is 6.26. The van der Waals surface area contributed by atoms with Gasteiger partial charge in [0.1, 0.15) is 5.82 Å². The zero-order valence-electron chi connectivity index (χ0n) is 17.5. The first-order chi connectivity index (χ1) is 14.9. The van der Waals surface area contributed by atoms with Gasteiger partial charge in [0, 0.05) is 35.2 Å². The lowest BCUT2D eigenvalue weighted by atomic mass is 9.81. The molecule has 5 nitrogen and oxygen atoms in total. The first kappa shape index (κ1) is 19.7. The van der Waals surface area contributed by atoms with Crippen LogP contribution in [0.1, 0.15) is 34.8 Å². The summed E-state index contributed by atoms with van der Waals surface area (Å²) in [6.07, 6.45) is 1.84. The van der Waals surface area contributed by atoms with Crippen LogP contribution in [-0.4, -0.2) is 30.5 Å². The number of benzene rings is 2. The molecule has 2 aliphatic rings. The molecule has 1 aromatic heterocycles. The number of nitrogens with zero attached hydrogens (tertiary/aromatic N) is 1. The highest BCUT2D eigenvalue weighted by molar-refractivity contribution is 5.97. The van der Waals surface area contributed by atoms with E-state index in [1.165, 1.54) is 5.56 Å². The zero-order valence-corrected chi connectivity index (χ0v) is 17.5. The van der Waals surface area contributed by atoms with Crippen molar-refractivity contribution in [2.24, 2.45) is 0 Å². The summed E-state index contributed by atoms with van der Waals surface area (Å²) in [6, 6.07) is 15.4. The zero-order chi connectivity index (χ0) is 21.6. The van der Waals surface area contributed by atoms with Crippen molar-refractivity contribution in [3.05, 3.63) is 71.2 Å². The Hall–Kier alpha value is -3.25. The normalized spacial score (nSPS) is 20.4. The topological polar surface area (TPSA) is 80.0 Å². The number of fused-ring (bicyclic) bond motifs is 1. The second kappa shape index (κ2) is 7.46. The molecule has 5 rings (SSSR count). The van der Waals surface area contributed by atoms with Crippen LogP contribution in [0.2, 0.25) is 0 Å². The van der Waals surface area contributed by atoms with Crippen molar-refractivity contribution in [2.75, 3.05) is 25.4 Å². The first-order valence-electron chi connectivity index (χ1n) is 10.6. The van der Waals surface area contributed by atoms with Crippen molar-refractivity contribution < 1.29 is 9.18 Å². The van der Waals surface area contributed by atoms with Crippen LogP contribution in [0.15, 0.2) is 48.5 Å². The maximum Gasteiger partial charge on any atom is 0.251 e. The minimum absolute atomic E-state index is 0.0649. The fraction of sp³-hybridized carbons (Fsp3) is 0.280. The molecular weight excluding hydrogens is 391 g/mol. The number of carbonyl (C=O) groups excluding carboxylic acids is 1. The van der Waals surface area contributed by atoms with E-state index in [0.717, 1.165) is 42.6 Å². The molecule has 0 radical (unpaired) electrons. The number of anilines is 1. The molecule has 1 amide bonds. The van der Waals surface area contributed by atoms with E-state index in [-0.39, 0.29) is 17.1 Å². The molecular formula is C25H25FN4O. The van der Waals surface area contributed by atoms with Crippen molar-refractivity contribution in [1.29, 1.82) is 0 Å². The fourth-order valence-electron chi connectivity index (χ4n) is 4.65. The quantitative estimate of drug-likeness (QED) is 0.569. The van der Waals surface area contributed by atoms with Crippen LogP contribution in [-0.2, 0) is 11.8 Å². The van der Waals surface area contributed by atoms with Gasteiger partial charge >= 0.3 is 0 Å². The van der Waals surface area contributed by atoms with Gasteiger partial charge in [0.05, 0.1) is 0 Å². The maximum atomic E-state index is 14.8. The fourth-order valence-corrected chi connectivity index (χ4v) is 4.65. The Morgan fingerprint density at radius 2 is 1.77 bits per heavy atom. The molecule has 1 saturated heterocycles. The number of nitrogens with one attached hydrogen (secondary N) is 2. The Morgan fingerprint density at radius 3 is 2.52 bits per heavy atom. The van der Waals surface area contributed by atoms with Gasteiger partial charge in [0.15, 0.2) is 0 Å². The van der Waals surface area contributed by atoms with E-state index >= 15 is 0 Å². The van der Waals surface area contributed by atoms with E-state index in [1.807, 2.05) is 24.3 Å². The molecule has 4 N–H and O–H groups in total. The summed E-state index contributed by atoms with van der Waals surface area (Å²) < 4.78 is 14.8. The number of nitrogen functional groups attached to an aromatic ring is 1. The van der Waals surface area contributed by atoms with Gasteiger partial charge in [-0.1, -0.05) is 43.3 Å². The number of halogens is 1. The standard InChI is InChI=1S/C25H25FN4O/c1-25(9-11-28-14-25)18-5-2-15(3-6-18)20-13-21(23(27)30-22(20)26)16-4-7-19-17(12-16)8-10-29-24(19)31/h2-7,12-13,28H,8-11,14H2,1H3,(H2,27,30)(H,29,31). The van der Waals surface area contributed by atoms with Gasteiger partial charge in [-0.05, 0) is 53.8 Å². The second-order valence-electron chi connectivity index (χ2n) is 8.70. The summed E-state index contributed by atoms with van der Waals surface area (Å²) in [5.74, 6) is -0.507. The molecule has 31 heavy (non-hydrogen) atoms. The Labute approximate surface area is 180 Å². The van der Waals surface area contributed by atoms with Gasteiger partial charge in [0.2, 0.25) is 5.95 Å². The lowest BCUT2D eigenvalue weighted by molar-refractivity contribution is 0.0946. The highest BCUT2D eigenvalue weighted by Gasteiger charge is 2.30. The van der Waals surface area contributed by atoms with Crippen LogP contribution in [0.4, 0.5) is 10.2 Å². The third-order valence-corrected chi connectivity index (χ3v) is 6.61. The SMILES string of the molecule is CC1(c2ccc(-c3cc(-c4ccc5c(c4)CCNC5=O)c(N)nc3F)cc2)CCNC1. The van der Waals surface area contributed by atoms with Crippen molar-refractivity contribution >= 4 is 11.7 Å². The Kier molecular flexibility index (Phi) is 4.74. The van der Waals surface area contributed by atoms with Gasteiger partial charge in [0.25, 0.3) is 5.91 Å². The average molecular weight is 417 g/mol. The summed E-state index contributed by atoms with van der Waals surface area (Å²) in [7, 11) is 0. The Balaban J connectivity index is 1.53. The molecule has 0 aliphatic carbocycles. The molecule has 158 valence electrons. The van der Waals surface area contributed by atoms with Crippen LogP contribution >= 0.6 is 0 Å². The van der Waals surface area contributed by atoms with Gasteiger partial charge in [-0.25, -0.2) is 4.98 Å². The molecule has 1 atom stereocenters. The van der Waals surface area contributed by atoms with Crippen molar-refractivity contribution in [3.63, 3.8) is 0 Å². The van der Waals surface area contributed by atoms with Gasteiger partial charge in [-0.3, -0.25) is 4.79 Å². The minimum atomic E-state index is -0.583. The molecule has 1 fully saturated rings. The molecule has 0 spiro atoms. The lowest BCUT2D eigenvalue weighted by Crippen LogP contribution is -2.31. The van der Waals surface area contributed by atoms with Gasteiger partial charge < -0.3 is 16.4 Å². The minimum Gasteiger partial charge on any atom is -0.383 e. The number of nitrogens with two attached hydrogens (primary N) is 1. The van der Waals surface area contributed by atoms with Gasteiger partial charge in [-0.15, -0.1) is 0 Å². The second-order valence-corrected chi connectivity index (χ2v) is 8.70. The van der Waals surface area contributed by atoms with Crippen molar-refractivity contribution in [3.8, 4) is 22.3 Å². The molecule has 3 heterocycles. The molecule has 2 aromatic carbocycles. The van der Waals surface area contributed by atoms with E-state index < -0.39 is 5.95 Å². The molecule has 6 heteroatoms. The maximum absolute atomic E-state index is 14.8. The summed E-state index contributed by atoms with van der Waals surface area (Å²) >= 11 is 0. The van der Waals surface area contributed by atoms with Crippen molar-refractivity contribution in [2.45, 2.75) is 25.2 Å².